The van der Waals surface area contributed by atoms with E-state index < -0.39 is 17.3 Å². The standard InChI is InChI=1S/C26H37F3N2O2/c1-15-10-21(22(32)14-31-13-17(12-30-31)26(27,28)29)25(3)9-7-19-18-6-8-24(2,33)11-16(18)4-5-20(19)23(15)25/h12-13,15-16,18-21,23,33H,4-11,14H2,1-3H3/t15-,16-,18+,19-,20-,21-,23?,24-,25-/m1/s1. The molecule has 1 heterocycles. The summed E-state index contributed by atoms with van der Waals surface area (Å²) in [5.74, 6) is 3.50. The number of aromatic nitrogens is 2. The van der Waals surface area contributed by atoms with E-state index in [9.17, 15) is 23.1 Å². The smallest absolute Gasteiger partial charge is 0.390 e. The summed E-state index contributed by atoms with van der Waals surface area (Å²) >= 11 is 0. The molecule has 1 unspecified atom stereocenters. The Bertz CT molecular complexity index is 910. The first-order valence-electron chi connectivity index (χ1n) is 12.7. The van der Waals surface area contributed by atoms with Gasteiger partial charge in [-0.05, 0) is 99.2 Å². The fraction of sp³-hybridized carbons (Fsp3) is 0.846. The van der Waals surface area contributed by atoms with Crippen LogP contribution >= 0.6 is 0 Å². The molecule has 0 saturated heterocycles. The highest BCUT2D eigenvalue weighted by molar-refractivity contribution is 5.82. The zero-order valence-electron chi connectivity index (χ0n) is 19.9. The Labute approximate surface area is 194 Å². The Hall–Kier alpha value is -1.37. The molecule has 0 amide bonds. The molecular weight excluding hydrogens is 429 g/mol. The van der Waals surface area contributed by atoms with Gasteiger partial charge >= 0.3 is 6.18 Å². The van der Waals surface area contributed by atoms with E-state index in [1.165, 1.54) is 12.8 Å². The summed E-state index contributed by atoms with van der Waals surface area (Å²) < 4.78 is 40.0. The second kappa shape index (κ2) is 7.82. The number of fused-ring (bicyclic) bond motifs is 5. The highest BCUT2D eigenvalue weighted by atomic mass is 19.4. The molecule has 0 spiro atoms. The second-order valence-electron chi connectivity index (χ2n) is 12.3. The number of rotatable bonds is 3. The van der Waals surface area contributed by atoms with Crippen LogP contribution in [0.15, 0.2) is 12.4 Å². The summed E-state index contributed by atoms with van der Waals surface area (Å²) in [6.45, 7) is 6.47. The number of nitrogens with zero attached hydrogens (tertiary/aromatic N) is 2. The molecule has 0 aromatic carbocycles. The van der Waals surface area contributed by atoms with E-state index in [4.69, 9.17) is 0 Å². The lowest BCUT2D eigenvalue weighted by Gasteiger charge is -2.57. The predicted octanol–water partition coefficient (Wildman–Crippen LogP) is 5.74. The van der Waals surface area contributed by atoms with Crippen molar-refractivity contribution in [3.63, 3.8) is 0 Å². The van der Waals surface area contributed by atoms with Crippen molar-refractivity contribution in [2.75, 3.05) is 0 Å². The highest BCUT2D eigenvalue weighted by Crippen LogP contribution is 2.66. The molecule has 1 aromatic rings. The van der Waals surface area contributed by atoms with E-state index in [0.29, 0.717) is 35.5 Å². The van der Waals surface area contributed by atoms with E-state index >= 15 is 0 Å². The molecule has 4 saturated carbocycles. The van der Waals surface area contributed by atoms with E-state index in [1.807, 2.05) is 6.92 Å². The third-order valence-electron chi connectivity index (χ3n) is 10.2. The Morgan fingerprint density at radius 3 is 2.58 bits per heavy atom. The van der Waals surface area contributed by atoms with Crippen molar-refractivity contribution in [3.05, 3.63) is 18.0 Å². The number of halogens is 3. The fourth-order valence-electron chi connectivity index (χ4n) is 8.99. The van der Waals surface area contributed by atoms with Crippen molar-refractivity contribution in [2.45, 2.75) is 90.5 Å². The Balaban J connectivity index is 1.32. The first-order valence-corrected chi connectivity index (χ1v) is 12.7. The van der Waals surface area contributed by atoms with Crippen molar-refractivity contribution in [1.82, 2.24) is 9.78 Å². The van der Waals surface area contributed by atoms with Crippen LogP contribution in [0.1, 0.15) is 77.7 Å². The summed E-state index contributed by atoms with van der Waals surface area (Å²) in [6, 6.07) is 0. The van der Waals surface area contributed by atoms with E-state index in [-0.39, 0.29) is 23.7 Å². The number of hydrogen-bond acceptors (Lipinski definition) is 3. The number of carbonyl (C=O) groups excluding carboxylic acids is 1. The van der Waals surface area contributed by atoms with Crippen LogP contribution in [0.2, 0.25) is 0 Å². The van der Waals surface area contributed by atoms with Gasteiger partial charge < -0.3 is 5.11 Å². The molecule has 33 heavy (non-hydrogen) atoms. The van der Waals surface area contributed by atoms with Gasteiger partial charge in [-0.3, -0.25) is 9.48 Å². The minimum atomic E-state index is -4.44. The van der Waals surface area contributed by atoms with Crippen LogP contribution in [-0.4, -0.2) is 26.3 Å². The molecule has 0 bridgehead atoms. The van der Waals surface area contributed by atoms with Gasteiger partial charge in [-0.1, -0.05) is 13.8 Å². The maximum atomic E-state index is 13.4. The minimum Gasteiger partial charge on any atom is -0.390 e. The van der Waals surface area contributed by atoms with Crippen LogP contribution in [-0.2, 0) is 17.5 Å². The number of Topliss-reactive ketones (excluding diaryl/α,β-unsaturated/α-hetero) is 1. The van der Waals surface area contributed by atoms with Crippen LogP contribution in [0.25, 0.3) is 0 Å². The van der Waals surface area contributed by atoms with E-state index in [2.05, 4.69) is 18.9 Å². The zero-order chi connectivity index (χ0) is 23.8. The second-order valence-corrected chi connectivity index (χ2v) is 12.3. The summed E-state index contributed by atoms with van der Waals surface area (Å²) in [5.41, 5.74) is -1.40. The van der Waals surface area contributed by atoms with Crippen LogP contribution < -0.4 is 0 Å². The molecule has 1 aromatic heterocycles. The van der Waals surface area contributed by atoms with Gasteiger partial charge in [-0.15, -0.1) is 0 Å². The molecule has 0 aliphatic heterocycles. The minimum absolute atomic E-state index is 0.0320. The maximum absolute atomic E-state index is 13.4. The monoisotopic (exact) mass is 466 g/mol. The molecule has 4 nitrogen and oxygen atoms in total. The average Bonchev–Trinajstić information content (AvgIpc) is 3.29. The molecule has 4 aliphatic rings. The largest absolute Gasteiger partial charge is 0.419 e. The first-order chi connectivity index (χ1) is 15.4. The SMILES string of the molecule is C[C@@H]1C[C@H](C(=O)Cn2cc(C(F)(F)F)cn2)[C@@]2(C)CC[C@@H]3[C@H]4CC[C@@](C)(O)C[C@H]4CC[C@H]3C12. The molecule has 0 radical (unpaired) electrons. The molecule has 4 fully saturated rings. The fourth-order valence-corrected chi connectivity index (χ4v) is 8.99. The van der Waals surface area contributed by atoms with Gasteiger partial charge in [0.2, 0.25) is 0 Å². The quantitative estimate of drug-likeness (QED) is 0.618. The normalized spacial score (nSPS) is 45.2. The van der Waals surface area contributed by atoms with Crippen LogP contribution in [0.3, 0.4) is 0 Å². The molecule has 184 valence electrons. The maximum Gasteiger partial charge on any atom is 0.419 e. The molecule has 5 rings (SSSR count). The van der Waals surface area contributed by atoms with Crippen molar-refractivity contribution in [1.29, 1.82) is 0 Å². The van der Waals surface area contributed by atoms with Crippen molar-refractivity contribution >= 4 is 5.78 Å². The summed E-state index contributed by atoms with van der Waals surface area (Å²) in [6.07, 6.45) is 5.58. The molecule has 9 atom stereocenters. The molecular formula is C26H37F3N2O2. The Morgan fingerprint density at radius 2 is 1.88 bits per heavy atom. The number of aliphatic hydroxyl groups is 1. The van der Waals surface area contributed by atoms with Gasteiger partial charge in [0, 0.05) is 12.1 Å². The summed E-state index contributed by atoms with van der Waals surface area (Å²) in [4.78, 5) is 13.4. The number of alkyl halides is 3. The lowest BCUT2D eigenvalue weighted by Crippen LogP contribution is -2.51. The molecule has 4 aliphatic carbocycles. The van der Waals surface area contributed by atoms with Crippen LogP contribution in [0.4, 0.5) is 13.2 Å². The van der Waals surface area contributed by atoms with E-state index in [0.717, 1.165) is 55.6 Å². The van der Waals surface area contributed by atoms with Crippen LogP contribution in [0.5, 0.6) is 0 Å². The highest BCUT2D eigenvalue weighted by Gasteiger charge is 2.61. The van der Waals surface area contributed by atoms with Gasteiger partial charge in [0.1, 0.15) is 0 Å². The summed E-state index contributed by atoms with van der Waals surface area (Å²) in [5, 5.41) is 14.4. The number of ketones is 1. The Kier molecular flexibility index (Phi) is 5.54. The van der Waals surface area contributed by atoms with Crippen molar-refractivity contribution in [3.8, 4) is 0 Å². The summed E-state index contributed by atoms with van der Waals surface area (Å²) in [7, 11) is 0. The topological polar surface area (TPSA) is 55.1 Å². The number of carbonyl (C=O) groups is 1. The van der Waals surface area contributed by atoms with Gasteiger partial charge in [-0.2, -0.15) is 18.3 Å². The van der Waals surface area contributed by atoms with E-state index in [1.54, 1.807) is 0 Å². The van der Waals surface area contributed by atoms with Gasteiger partial charge in [0.15, 0.2) is 5.78 Å². The van der Waals surface area contributed by atoms with Crippen molar-refractivity contribution in [2.24, 2.45) is 46.8 Å². The Morgan fingerprint density at radius 1 is 1.15 bits per heavy atom. The van der Waals surface area contributed by atoms with Crippen molar-refractivity contribution < 1.29 is 23.1 Å². The lowest BCUT2D eigenvalue weighted by molar-refractivity contribution is -0.138. The molecule has 7 heteroatoms. The zero-order valence-corrected chi connectivity index (χ0v) is 19.9. The number of hydrogen-bond donors (Lipinski definition) is 1. The average molecular weight is 467 g/mol. The van der Waals surface area contributed by atoms with Crippen LogP contribution in [0, 0.1) is 46.8 Å². The predicted molar refractivity (Wildman–Crippen MR) is 118 cm³/mol. The lowest BCUT2D eigenvalue weighted by atomic mass is 9.48. The molecule has 1 N–H and O–H groups in total. The van der Waals surface area contributed by atoms with Gasteiger partial charge in [0.05, 0.1) is 23.9 Å². The third-order valence-corrected chi connectivity index (χ3v) is 10.2. The first kappa shape index (κ1) is 23.4. The third kappa shape index (κ3) is 3.96. The van der Waals surface area contributed by atoms with Gasteiger partial charge in [0.25, 0.3) is 0 Å². The van der Waals surface area contributed by atoms with Gasteiger partial charge in [-0.25, -0.2) is 0 Å².